The van der Waals surface area contributed by atoms with E-state index in [2.05, 4.69) is 10.9 Å². The molecule has 6 nitrogen and oxygen atoms in total. The number of carbonyl (C=O) groups excluding carboxylic acids is 3. The second kappa shape index (κ2) is 8.68. The van der Waals surface area contributed by atoms with Crippen LogP contribution in [0.3, 0.4) is 0 Å². The Labute approximate surface area is 160 Å². The fourth-order valence-electron chi connectivity index (χ4n) is 2.65. The van der Waals surface area contributed by atoms with E-state index in [0.29, 0.717) is 11.3 Å². The molecule has 0 aromatic heterocycles. The molecule has 0 radical (unpaired) electrons. The van der Waals surface area contributed by atoms with Gasteiger partial charge in [-0.25, -0.2) is 4.39 Å². The van der Waals surface area contributed by atoms with Crippen LogP contribution in [0.2, 0.25) is 0 Å². The van der Waals surface area contributed by atoms with Crippen LogP contribution < -0.4 is 15.8 Å². The average molecular weight is 387 g/mol. The summed E-state index contributed by atoms with van der Waals surface area (Å²) >= 11 is 1.48. The molecule has 1 aliphatic heterocycles. The summed E-state index contributed by atoms with van der Waals surface area (Å²) in [5.41, 5.74) is 6.09. The van der Waals surface area contributed by atoms with Gasteiger partial charge in [0.2, 0.25) is 17.7 Å². The van der Waals surface area contributed by atoms with Crippen molar-refractivity contribution < 1.29 is 18.8 Å². The van der Waals surface area contributed by atoms with E-state index in [4.69, 9.17) is 0 Å². The van der Waals surface area contributed by atoms with Gasteiger partial charge in [-0.2, -0.15) is 0 Å². The molecule has 0 saturated heterocycles. The van der Waals surface area contributed by atoms with Crippen molar-refractivity contribution in [2.75, 3.05) is 17.2 Å². The number of hydrogen-bond acceptors (Lipinski definition) is 4. The Bertz CT molecular complexity index is 858. The molecule has 8 heteroatoms. The molecule has 1 heterocycles. The molecule has 27 heavy (non-hydrogen) atoms. The minimum Gasteiger partial charge on any atom is -0.310 e. The van der Waals surface area contributed by atoms with Crippen molar-refractivity contribution in [3.05, 3.63) is 59.9 Å². The van der Waals surface area contributed by atoms with E-state index >= 15 is 0 Å². The van der Waals surface area contributed by atoms with Crippen LogP contribution in [0, 0.1) is 5.82 Å². The van der Waals surface area contributed by atoms with E-state index in [-0.39, 0.29) is 31.1 Å². The third-order valence-corrected chi connectivity index (χ3v) is 5.04. The number of para-hydroxylation sites is 1. The van der Waals surface area contributed by atoms with Gasteiger partial charge in [0.05, 0.1) is 17.9 Å². The first kappa shape index (κ1) is 18.9. The van der Waals surface area contributed by atoms with Crippen LogP contribution in [-0.2, 0) is 20.8 Å². The number of amides is 3. The summed E-state index contributed by atoms with van der Waals surface area (Å²) < 4.78 is 12.8. The third kappa shape index (κ3) is 5.07. The molecule has 1 aliphatic rings. The molecule has 0 saturated carbocycles. The summed E-state index contributed by atoms with van der Waals surface area (Å²) in [7, 11) is 0. The second-order valence-electron chi connectivity index (χ2n) is 5.95. The highest BCUT2D eigenvalue weighted by molar-refractivity contribution is 8.00. The monoisotopic (exact) mass is 387 g/mol. The normalized spacial score (nSPS) is 13.1. The number of nitrogens with one attached hydrogen (secondary N) is 2. The molecule has 2 aromatic rings. The van der Waals surface area contributed by atoms with E-state index in [1.165, 1.54) is 36.0 Å². The van der Waals surface area contributed by atoms with Gasteiger partial charge in [0.15, 0.2) is 0 Å². The number of halogens is 1. The highest BCUT2D eigenvalue weighted by atomic mass is 32.2. The Morgan fingerprint density at radius 3 is 2.52 bits per heavy atom. The van der Waals surface area contributed by atoms with Crippen molar-refractivity contribution in [3.63, 3.8) is 0 Å². The zero-order chi connectivity index (χ0) is 19.2. The second-order valence-corrected chi connectivity index (χ2v) is 6.97. The van der Waals surface area contributed by atoms with Gasteiger partial charge in [-0.15, -0.1) is 11.8 Å². The molecule has 0 unspecified atom stereocenters. The SMILES string of the molecule is O=C(CCN1C(=O)CSc2ccccc21)NNC(=O)Cc1ccc(F)cc1. The van der Waals surface area contributed by atoms with Gasteiger partial charge in [-0.1, -0.05) is 24.3 Å². The van der Waals surface area contributed by atoms with Crippen molar-refractivity contribution in [1.82, 2.24) is 10.9 Å². The number of nitrogens with zero attached hydrogens (tertiary/aromatic N) is 1. The summed E-state index contributed by atoms with van der Waals surface area (Å²) in [6, 6.07) is 13.1. The maximum Gasteiger partial charge on any atom is 0.242 e. The van der Waals surface area contributed by atoms with Gasteiger partial charge < -0.3 is 4.90 Å². The van der Waals surface area contributed by atoms with E-state index in [1.54, 1.807) is 4.90 Å². The molecule has 0 aliphatic carbocycles. The fourth-order valence-corrected chi connectivity index (χ4v) is 3.58. The Morgan fingerprint density at radius 1 is 1.04 bits per heavy atom. The molecule has 3 rings (SSSR count). The Balaban J connectivity index is 1.46. The third-order valence-electron chi connectivity index (χ3n) is 3.99. The zero-order valence-electron chi connectivity index (χ0n) is 14.4. The first-order valence-corrected chi connectivity index (χ1v) is 9.36. The molecule has 0 atom stereocenters. The maximum atomic E-state index is 12.8. The molecule has 2 aromatic carbocycles. The fraction of sp³-hybridized carbons (Fsp3) is 0.211. The van der Waals surface area contributed by atoms with E-state index in [1.807, 2.05) is 24.3 Å². The zero-order valence-corrected chi connectivity index (χ0v) is 15.2. The molecule has 0 bridgehead atoms. The molecule has 2 N–H and O–H groups in total. The van der Waals surface area contributed by atoms with Crippen LogP contribution in [0.25, 0.3) is 0 Å². The van der Waals surface area contributed by atoms with E-state index in [9.17, 15) is 18.8 Å². The summed E-state index contributed by atoms with van der Waals surface area (Å²) in [5.74, 6) is -0.893. The largest absolute Gasteiger partial charge is 0.310 e. The number of thioether (sulfide) groups is 1. The Hall–Kier alpha value is -2.87. The van der Waals surface area contributed by atoms with Crippen molar-refractivity contribution >= 4 is 35.2 Å². The van der Waals surface area contributed by atoms with Gasteiger partial charge in [-0.05, 0) is 29.8 Å². The summed E-state index contributed by atoms with van der Waals surface area (Å²) in [5, 5.41) is 0. The number of anilines is 1. The van der Waals surface area contributed by atoms with E-state index < -0.39 is 11.8 Å². The molecular weight excluding hydrogens is 369 g/mol. The summed E-state index contributed by atoms with van der Waals surface area (Å²) in [6.07, 6.45) is 0.0807. The minimum atomic E-state index is -0.411. The average Bonchev–Trinajstić information content (AvgIpc) is 2.67. The van der Waals surface area contributed by atoms with Gasteiger partial charge in [0.25, 0.3) is 0 Å². The van der Waals surface area contributed by atoms with Crippen molar-refractivity contribution in [2.45, 2.75) is 17.7 Å². The van der Waals surface area contributed by atoms with Crippen molar-refractivity contribution in [1.29, 1.82) is 0 Å². The first-order chi connectivity index (χ1) is 13.0. The van der Waals surface area contributed by atoms with Crippen molar-refractivity contribution in [3.8, 4) is 0 Å². The first-order valence-electron chi connectivity index (χ1n) is 8.37. The number of carbonyl (C=O) groups is 3. The molecule has 3 amide bonds. The van der Waals surface area contributed by atoms with Gasteiger partial charge in [0, 0.05) is 17.9 Å². The number of hydrazine groups is 1. The Morgan fingerprint density at radius 2 is 1.74 bits per heavy atom. The predicted octanol–water partition coefficient (Wildman–Crippen LogP) is 2.04. The van der Waals surface area contributed by atoms with Crippen LogP contribution in [0.15, 0.2) is 53.4 Å². The highest BCUT2D eigenvalue weighted by Crippen LogP contribution is 2.34. The highest BCUT2D eigenvalue weighted by Gasteiger charge is 2.24. The predicted molar refractivity (Wildman–Crippen MR) is 101 cm³/mol. The van der Waals surface area contributed by atoms with Crippen molar-refractivity contribution in [2.24, 2.45) is 0 Å². The topological polar surface area (TPSA) is 78.5 Å². The lowest BCUT2D eigenvalue weighted by Crippen LogP contribution is -2.44. The van der Waals surface area contributed by atoms with Gasteiger partial charge in [-0.3, -0.25) is 25.2 Å². The smallest absolute Gasteiger partial charge is 0.242 e. The summed E-state index contributed by atoms with van der Waals surface area (Å²) in [6.45, 7) is 0.232. The van der Waals surface area contributed by atoms with Crippen LogP contribution in [0.5, 0.6) is 0 Å². The van der Waals surface area contributed by atoms with Gasteiger partial charge >= 0.3 is 0 Å². The number of benzene rings is 2. The number of rotatable bonds is 5. The minimum absolute atomic E-state index is 0.0236. The molecule has 140 valence electrons. The van der Waals surface area contributed by atoms with Gasteiger partial charge in [0.1, 0.15) is 5.82 Å². The number of hydrogen-bond donors (Lipinski definition) is 2. The molecule has 0 spiro atoms. The Kier molecular flexibility index (Phi) is 6.08. The van der Waals surface area contributed by atoms with E-state index in [0.717, 1.165) is 10.6 Å². The number of fused-ring (bicyclic) bond motifs is 1. The van der Waals surface area contributed by atoms with Crippen LogP contribution >= 0.6 is 11.8 Å². The lowest BCUT2D eigenvalue weighted by atomic mass is 10.1. The summed E-state index contributed by atoms with van der Waals surface area (Å²) in [4.78, 5) is 38.6. The standard InChI is InChI=1S/C19H18FN3O3S/c20-14-7-5-13(6-8-14)11-18(25)22-21-17(24)9-10-23-15-3-1-2-4-16(15)27-12-19(23)26/h1-8H,9-12H2,(H,21,24)(H,22,25). The quantitative estimate of drug-likeness (QED) is 0.770. The van der Waals surface area contributed by atoms with Crippen LogP contribution in [0.1, 0.15) is 12.0 Å². The molecular formula is C19H18FN3O3S. The van der Waals surface area contributed by atoms with Crippen LogP contribution in [0.4, 0.5) is 10.1 Å². The lowest BCUT2D eigenvalue weighted by Gasteiger charge is -2.28. The molecule has 0 fully saturated rings. The maximum absolute atomic E-state index is 12.8. The lowest BCUT2D eigenvalue weighted by molar-refractivity contribution is -0.128. The van der Waals surface area contributed by atoms with Crippen LogP contribution in [-0.4, -0.2) is 30.0 Å².